The number of thiophene rings is 1. The summed E-state index contributed by atoms with van der Waals surface area (Å²) in [5.74, 6) is 0.419. The highest BCUT2D eigenvalue weighted by Gasteiger charge is 2.14. The van der Waals surface area contributed by atoms with E-state index in [0.29, 0.717) is 5.92 Å². The summed E-state index contributed by atoms with van der Waals surface area (Å²) < 4.78 is 0. The first kappa shape index (κ1) is 15.2. The largest absolute Gasteiger partial charge is 0.324 e. The van der Waals surface area contributed by atoms with Gasteiger partial charge < -0.3 is 11.1 Å². The highest BCUT2D eigenvalue weighted by molar-refractivity contribution is 7.11. The highest BCUT2D eigenvalue weighted by Crippen LogP contribution is 2.19. The van der Waals surface area contributed by atoms with Crippen molar-refractivity contribution in [1.29, 1.82) is 0 Å². The summed E-state index contributed by atoms with van der Waals surface area (Å²) in [7, 11) is 0. The van der Waals surface area contributed by atoms with Gasteiger partial charge in [0.05, 0.1) is 0 Å². The molecule has 0 saturated heterocycles. The lowest BCUT2D eigenvalue weighted by Crippen LogP contribution is -2.29. The predicted molar refractivity (Wildman–Crippen MR) is 87.9 cm³/mol. The summed E-state index contributed by atoms with van der Waals surface area (Å²) in [6.07, 6.45) is 1.12. The second kappa shape index (κ2) is 7.58. The van der Waals surface area contributed by atoms with E-state index < -0.39 is 0 Å². The van der Waals surface area contributed by atoms with E-state index in [1.165, 1.54) is 15.3 Å². The number of benzene rings is 1. The standard InChI is InChI=1S/C17H24N2S/c1-3-15-9-10-16(20-15)12-19-11-13(2)17(18)14-7-5-4-6-8-14/h4-10,13,17,19H,3,11-12,18H2,1-2H3. The zero-order chi connectivity index (χ0) is 14.4. The van der Waals surface area contributed by atoms with Crippen LogP contribution in [0, 0.1) is 5.92 Å². The van der Waals surface area contributed by atoms with Gasteiger partial charge in [-0.2, -0.15) is 0 Å². The number of hydrogen-bond donors (Lipinski definition) is 2. The van der Waals surface area contributed by atoms with Gasteiger partial charge in [0.1, 0.15) is 0 Å². The molecule has 2 atom stereocenters. The molecular formula is C17H24N2S. The lowest BCUT2D eigenvalue weighted by atomic mass is 9.95. The topological polar surface area (TPSA) is 38.0 Å². The lowest BCUT2D eigenvalue weighted by Gasteiger charge is -2.20. The molecule has 2 aromatic rings. The first-order chi connectivity index (χ1) is 9.70. The van der Waals surface area contributed by atoms with Crippen molar-refractivity contribution in [3.05, 3.63) is 57.8 Å². The van der Waals surface area contributed by atoms with E-state index in [-0.39, 0.29) is 6.04 Å². The van der Waals surface area contributed by atoms with Crippen LogP contribution in [-0.4, -0.2) is 6.54 Å². The average molecular weight is 288 g/mol. The molecule has 0 aliphatic carbocycles. The van der Waals surface area contributed by atoms with Gasteiger partial charge in [0, 0.05) is 22.3 Å². The summed E-state index contributed by atoms with van der Waals surface area (Å²) in [5.41, 5.74) is 7.52. The average Bonchev–Trinajstić information content (AvgIpc) is 2.95. The number of aryl methyl sites for hydroxylation is 1. The molecule has 2 rings (SSSR count). The predicted octanol–water partition coefficient (Wildman–Crippen LogP) is 3.74. The third-order valence-electron chi connectivity index (χ3n) is 3.63. The fourth-order valence-electron chi connectivity index (χ4n) is 2.26. The Morgan fingerprint density at radius 2 is 1.80 bits per heavy atom. The van der Waals surface area contributed by atoms with Gasteiger partial charge in [-0.3, -0.25) is 0 Å². The Hall–Kier alpha value is -1.16. The van der Waals surface area contributed by atoms with E-state index in [2.05, 4.69) is 43.4 Å². The number of nitrogens with two attached hydrogens (primary N) is 1. The third kappa shape index (κ3) is 4.17. The monoisotopic (exact) mass is 288 g/mol. The molecule has 20 heavy (non-hydrogen) atoms. The molecule has 1 aromatic heterocycles. The van der Waals surface area contributed by atoms with Crippen LogP contribution < -0.4 is 11.1 Å². The van der Waals surface area contributed by atoms with Crippen molar-refractivity contribution in [2.24, 2.45) is 11.7 Å². The smallest absolute Gasteiger partial charge is 0.0333 e. The summed E-state index contributed by atoms with van der Waals surface area (Å²) >= 11 is 1.90. The molecule has 2 nitrogen and oxygen atoms in total. The van der Waals surface area contributed by atoms with E-state index in [4.69, 9.17) is 5.73 Å². The van der Waals surface area contributed by atoms with Gasteiger partial charge >= 0.3 is 0 Å². The zero-order valence-electron chi connectivity index (χ0n) is 12.3. The Bertz CT molecular complexity index is 507. The maximum Gasteiger partial charge on any atom is 0.0333 e. The van der Waals surface area contributed by atoms with Crippen LogP contribution in [0.25, 0.3) is 0 Å². The summed E-state index contributed by atoms with van der Waals surface area (Å²) in [5, 5.41) is 3.52. The zero-order valence-corrected chi connectivity index (χ0v) is 13.1. The van der Waals surface area contributed by atoms with Crippen molar-refractivity contribution in [3.8, 4) is 0 Å². The minimum Gasteiger partial charge on any atom is -0.324 e. The quantitative estimate of drug-likeness (QED) is 0.814. The van der Waals surface area contributed by atoms with Crippen molar-refractivity contribution >= 4 is 11.3 Å². The van der Waals surface area contributed by atoms with Crippen molar-refractivity contribution in [2.45, 2.75) is 32.9 Å². The van der Waals surface area contributed by atoms with Crippen molar-refractivity contribution in [3.63, 3.8) is 0 Å². The van der Waals surface area contributed by atoms with Gasteiger partial charge in [-0.15, -0.1) is 11.3 Å². The highest BCUT2D eigenvalue weighted by atomic mass is 32.1. The van der Waals surface area contributed by atoms with E-state index in [1.807, 2.05) is 29.5 Å². The summed E-state index contributed by atoms with van der Waals surface area (Å²) in [4.78, 5) is 2.86. The second-order valence-electron chi connectivity index (χ2n) is 5.27. The van der Waals surface area contributed by atoms with E-state index in [9.17, 15) is 0 Å². The van der Waals surface area contributed by atoms with Gasteiger partial charge in [0.2, 0.25) is 0 Å². The molecule has 2 unspecified atom stereocenters. The molecule has 0 aliphatic heterocycles. The normalized spacial score (nSPS) is 14.2. The van der Waals surface area contributed by atoms with Crippen molar-refractivity contribution in [1.82, 2.24) is 5.32 Å². The fraction of sp³-hybridized carbons (Fsp3) is 0.412. The number of rotatable bonds is 7. The Kier molecular flexibility index (Phi) is 5.77. The molecule has 0 radical (unpaired) electrons. The van der Waals surface area contributed by atoms with Crippen LogP contribution >= 0.6 is 11.3 Å². The maximum atomic E-state index is 6.31. The molecular weight excluding hydrogens is 264 g/mol. The molecule has 3 N–H and O–H groups in total. The Labute approximate surface area is 126 Å². The molecule has 108 valence electrons. The van der Waals surface area contributed by atoms with Crippen molar-refractivity contribution in [2.75, 3.05) is 6.54 Å². The molecule has 3 heteroatoms. The fourth-order valence-corrected chi connectivity index (χ4v) is 3.19. The minimum atomic E-state index is 0.0956. The third-order valence-corrected chi connectivity index (χ3v) is 4.86. The maximum absolute atomic E-state index is 6.31. The van der Waals surface area contributed by atoms with Gasteiger partial charge in [-0.25, -0.2) is 0 Å². The molecule has 0 amide bonds. The molecule has 1 aromatic carbocycles. The van der Waals surface area contributed by atoms with Gasteiger partial charge in [-0.1, -0.05) is 44.2 Å². The summed E-state index contributed by atoms with van der Waals surface area (Å²) in [6, 6.07) is 14.9. The molecule has 0 fully saturated rings. The van der Waals surface area contributed by atoms with Crippen LogP contribution in [0.5, 0.6) is 0 Å². The van der Waals surface area contributed by atoms with E-state index in [1.54, 1.807) is 0 Å². The lowest BCUT2D eigenvalue weighted by molar-refractivity contribution is 0.435. The van der Waals surface area contributed by atoms with Gasteiger partial charge in [0.25, 0.3) is 0 Å². The first-order valence-electron chi connectivity index (χ1n) is 7.29. The van der Waals surface area contributed by atoms with Gasteiger partial charge in [0.15, 0.2) is 0 Å². The van der Waals surface area contributed by atoms with Crippen LogP contribution in [-0.2, 0) is 13.0 Å². The second-order valence-corrected chi connectivity index (χ2v) is 6.52. The Morgan fingerprint density at radius 3 is 2.45 bits per heavy atom. The molecule has 0 bridgehead atoms. The molecule has 0 spiro atoms. The van der Waals surface area contributed by atoms with Gasteiger partial charge in [-0.05, 0) is 36.6 Å². The Balaban J connectivity index is 1.78. The molecule has 0 aliphatic rings. The first-order valence-corrected chi connectivity index (χ1v) is 8.11. The van der Waals surface area contributed by atoms with Crippen molar-refractivity contribution < 1.29 is 0 Å². The van der Waals surface area contributed by atoms with Crippen LogP contribution in [0.1, 0.15) is 35.2 Å². The Morgan fingerprint density at radius 1 is 1.10 bits per heavy atom. The number of nitrogens with one attached hydrogen (secondary N) is 1. The van der Waals surface area contributed by atoms with E-state index >= 15 is 0 Å². The van der Waals surface area contributed by atoms with Crippen LogP contribution in [0.2, 0.25) is 0 Å². The number of hydrogen-bond acceptors (Lipinski definition) is 3. The van der Waals surface area contributed by atoms with Crippen LogP contribution in [0.15, 0.2) is 42.5 Å². The summed E-state index contributed by atoms with van der Waals surface area (Å²) in [6.45, 7) is 6.28. The molecule has 1 heterocycles. The SMILES string of the molecule is CCc1ccc(CNCC(C)C(N)c2ccccc2)s1. The van der Waals surface area contributed by atoms with E-state index in [0.717, 1.165) is 19.5 Å². The van der Waals surface area contributed by atoms with Crippen LogP contribution in [0.3, 0.4) is 0 Å². The molecule has 0 saturated carbocycles. The minimum absolute atomic E-state index is 0.0956. The van der Waals surface area contributed by atoms with Crippen LogP contribution in [0.4, 0.5) is 0 Å².